The average molecular weight is 432 g/mol. The van der Waals surface area contributed by atoms with Crippen molar-refractivity contribution in [2.24, 2.45) is 7.05 Å². The molecule has 0 bridgehead atoms. The maximum absolute atomic E-state index is 13.4. The third-order valence-electron chi connectivity index (χ3n) is 5.64. The Morgan fingerprint density at radius 1 is 0.969 bits per heavy atom. The number of fused-ring (bicyclic) bond motifs is 3. The number of hydrogen-bond donors (Lipinski definition) is 0. The number of aromatic nitrogens is 6. The van der Waals surface area contributed by atoms with Crippen LogP contribution in [0.5, 0.6) is 0 Å². The van der Waals surface area contributed by atoms with Crippen LogP contribution in [0.4, 0.5) is 4.39 Å². The van der Waals surface area contributed by atoms with Crippen molar-refractivity contribution in [3.8, 4) is 0 Å². The molecule has 5 rings (SSSR count). The minimum absolute atomic E-state index is 0.134. The van der Waals surface area contributed by atoms with Crippen LogP contribution >= 0.6 is 0 Å². The van der Waals surface area contributed by atoms with Crippen LogP contribution in [-0.4, -0.2) is 28.5 Å². The first-order valence-electron chi connectivity index (χ1n) is 10.2. The summed E-state index contributed by atoms with van der Waals surface area (Å²) in [5.41, 5.74) is 3.69. The summed E-state index contributed by atoms with van der Waals surface area (Å²) in [6, 6.07) is 11.9. The quantitative estimate of drug-likeness (QED) is 0.437. The van der Waals surface area contributed by atoms with Gasteiger partial charge in [0.1, 0.15) is 11.3 Å². The van der Waals surface area contributed by atoms with Crippen LogP contribution in [0.25, 0.3) is 16.8 Å². The SMILES string of the molecule is Cc1ccc(C)c(Cn2nc3n(Cc4ccc(F)cc4)c(=O)c4nn(C)cc4n3c2=O)c1. The van der Waals surface area contributed by atoms with E-state index in [-0.39, 0.29) is 41.5 Å². The van der Waals surface area contributed by atoms with E-state index in [2.05, 4.69) is 10.2 Å². The molecule has 2 aromatic carbocycles. The van der Waals surface area contributed by atoms with Gasteiger partial charge in [-0.1, -0.05) is 35.9 Å². The first kappa shape index (κ1) is 19.9. The summed E-state index contributed by atoms with van der Waals surface area (Å²) in [7, 11) is 1.70. The van der Waals surface area contributed by atoms with E-state index in [0.29, 0.717) is 11.1 Å². The fourth-order valence-corrected chi connectivity index (χ4v) is 3.94. The van der Waals surface area contributed by atoms with E-state index in [1.165, 1.54) is 30.5 Å². The highest BCUT2D eigenvalue weighted by atomic mass is 19.1. The highest BCUT2D eigenvalue weighted by Crippen LogP contribution is 2.14. The zero-order valence-electron chi connectivity index (χ0n) is 17.9. The van der Waals surface area contributed by atoms with Gasteiger partial charge in [0, 0.05) is 13.2 Å². The minimum Gasteiger partial charge on any atom is -0.273 e. The van der Waals surface area contributed by atoms with Crippen LogP contribution < -0.4 is 11.2 Å². The summed E-state index contributed by atoms with van der Waals surface area (Å²) < 4.78 is 19.0. The second kappa shape index (κ2) is 7.30. The molecule has 0 saturated heterocycles. The zero-order chi connectivity index (χ0) is 22.6. The molecular formula is C23H21FN6O2. The number of halogens is 1. The first-order valence-corrected chi connectivity index (χ1v) is 10.2. The lowest BCUT2D eigenvalue weighted by Crippen LogP contribution is -2.26. The highest BCUT2D eigenvalue weighted by molar-refractivity contribution is 5.75. The number of benzene rings is 2. The maximum Gasteiger partial charge on any atom is 0.352 e. The monoisotopic (exact) mass is 432 g/mol. The average Bonchev–Trinajstić information content (AvgIpc) is 3.29. The van der Waals surface area contributed by atoms with Crippen molar-refractivity contribution in [2.45, 2.75) is 26.9 Å². The van der Waals surface area contributed by atoms with Crippen molar-refractivity contribution in [3.63, 3.8) is 0 Å². The van der Waals surface area contributed by atoms with Gasteiger partial charge in [-0.15, -0.1) is 5.10 Å². The molecule has 0 spiro atoms. The van der Waals surface area contributed by atoms with E-state index in [1.54, 1.807) is 25.4 Å². The highest BCUT2D eigenvalue weighted by Gasteiger charge is 2.20. The van der Waals surface area contributed by atoms with Crippen molar-refractivity contribution in [2.75, 3.05) is 0 Å². The summed E-state index contributed by atoms with van der Waals surface area (Å²) in [4.78, 5) is 26.6. The summed E-state index contributed by atoms with van der Waals surface area (Å²) in [5, 5.41) is 8.80. The molecule has 0 aliphatic rings. The predicted octanol–water partition coefficient (Wildman–Crippen LogP) is 2.40. The standard InChI is InChI=1S/C23H21FN6O2/c1-14-4-5-15(2)17(10-14)12-29-23(32)30-19-13-27(3)25-20(19)21(31)28(22(30)26-29)11-16-6-8-18(24)9-7-16/h4-10,13H,11-12H2,1-3H3. The normalized spacial score (nSPS) is 11.6. The molecule has 3 heterocycles. The molecular weight excluding hydrogens is 411 g/mol. The second-order valence-corrected chi connectivity index (χ2v) is 8.06. The molecule has 162 valence electrons. The molecule has 3 aromatic heterocycles. The van der Waals surface area contributed by atoms with Gasteiger partial charge in [-0.25, -0.2) is 18.3 Å². The maximum atomic E-state index is 13.4. The van der Waals surface area contributed by atoms with Crippen LogP contribution in [0.15, 0.2) is 58.3 Å². The fourth-order valence-electron chi connectivity index (χ4n) is 3.94. The lowest BCUT2D eigenvalue weighted by Gasteiger charge is -2.07. The van der Waals surface area contributed by atoms with Gasteiger partial charge in [-0.05, 0) is 42.7 Å². The smallest absolute Gasteiger partial charge is 0.273 e. The largest absolute Gasteiger partial charge is 0.352 e. The molecule has 0 amide bonds. The molecule has 0 radical (unpaired) electrons. The van der Waals surface area contributed by atoms with Gasteiger partial charge in [-0.3, -0.25) is 14.0 Å². The third-order valence-corrected chi connectivity index (χ3v) is 5.64. The van der Waals surface area contributed by atoms with Crippen LogP contribution in [-0.2, 0) is 20.1 Å². The summed E-state index contributed by atoms with van der Waals surface area (Å²) in [6.07, 6.45) is 1.64. The van der Waals surface area contributed by atoms with Crippen LogP contribution in [0, 0.1) is 19.7 Å². The molecule has 9 heteroatoms. The Morgan fingerprint density at radius 2 is 1.72 bits per heavy atom. The topological polar surface area (TPSA) is 79.1 Å². The lowest BCUT2D eigenvalue weighted by atomic mass is 10.1. The van der Waals surface area contributed by atoms with Crippen LogP contribution in [0.2, 0.25) is 0 Å². The van der Waals surface area contributed by atoms with Gasteiger partial charge in [-0.2, -0.15) is 5.10 Å². The van der Waals surface area contributed by atoms with Gasteiger partial charge < -0.3 is 0 Å². The van der Waals surface area contributed by atoms with E-state index < -0.39 is 0 Å². The Labute approximate surface area is 181 Å². The van der Waals surface area contributed by atoms with E-state index in [4.69, 9.17) is 0 Å². The predicted molar refractivity (Wildman–Crippen MR) is 119 cm³/mol. The summed E-state index contributed by atoms with van der Waals surface area (Å²) in [6.45, 7) is 4.39. The van der Waals surface area contributed by atoms with E-state index >= 15 is 0 Å². The van der Waals surface area contributed by atoms with Crippen LogP contribution in [0.1, 0.15) is 22.3 Å². The van der Waals surface area contributed by atoms with E-state index in [0.717, 1.165) is 16.7 Å². The van der Waals surface area contributed by atoms with Gasteiger partial charge in [0.25, 0.3) is 5.56 Å². The molecule has 0 aliphatic carbocycles. The Hall–Kier alpha value is -4.01. The first-order chi connectivity index (χ1) is 15.3. The van der Waals surface area contributed by atoms with Gasteiger partial charge >= 0.3 is 5.69 Å². The molecule has 0 N–H and O–H groups in total. The van der Waals surface area contributed by atoms with Crippen LogP contribution in [0.3, 0.4) is 0 Å². The lowest BCUT2D eigenvalue weighted by molar-refractivity contribution is 0.626. The Morgan fingerprint density at radius 3 is 2.47 bits per heavy atom. The molecule has 0 atom stereocenters. The fraction of sp³-hybridized carbons (Fsp3) is 0.217. The van der Waals surface area contributed by atoms with Crippen molar-refractivity contribution in [1.82, 2.24) is 28.5 Å². The van der Waals surface area contributed by atoms with E-state index in [9.17, 15) is 14.0 Å². The summed E-state index contributed by atoms with van der Waals surface area (Å²) >= 11 is 0. The number of rotatable bonds is 4. The van der Waals surface area contributed by atoms with Gasteiger partial charge in [0.2, 0.25) is 5.78 Å². The minimum atomic E-state index is -0.361. The second-order valence-electron chi connectivity index (χ2n) is 8.06. The number of aryl methyl sites for hydroxylation is 3. The van der Waals surface area contributed by atoms with Crippen molar-refractivity contribution < 1.29 is 4.39 Å². The van der Waals surface area contributed by atoms with Crippen molar-refractivity contribution in [3.05, 3.63) is 97.6 Å². The third kappa shape index (κ3) is 3.22. The molecule has 8 nitrogen and oxygen atoms in total. The molecule has 0 saturated carbocycles. The molecule has 5 aromatic rings. The molecule has 0 unspecified atom stereocenters. The van der Waals surface area contributed by atoms with Gasteiger partial charge in [0.05, 0.1) is 13.1 Å². The molecule has 0 aliphatic heterocycles. The van der Waals surface area contributed by atoms with E-state index in [1.807, 2.05) is 32.0 Å². The Balaban J connectivity index is 1.75. The number of nitrogens with zero attached hydrogens (tertiary/aromatic N) is 6. The Kier molecular flexibility index (Phi) is 4.54. The zero-order valence-corrected chi connectivity index (χ0v) is 17.9. The summed E-state index contributed by atoms with van der Waals surface area (Å²) in [5.74, 6) is -0.143. The Bertz CT molecular complexity index is 1600. The molecule has 0 fully saturated rings. The van der Waals surface area contributed by atoms with Crippen molar-refractivity contribution in [1.29, 1.82) is 0 Å². The van der Waals surface area contributed by atoms with Crippen molar-refractivity contribution >= 4 is 16.8 Å². The number of hydrogen-bond acceptors (Lipinski definition) is 4. The molecule has 32 heavy (non-hydrogen) atoms. The van der Waals surface area contributed by atoms with Gasteiger partial charge in [0.15, 0.2) is 5.52 Å².